The molecule has 0 saturated heterocycles. The van der Waals surface area contributed by atoms with Crippen molar-refractivity contribution >= 4 is 34.7 Å². The molecule has 0 aliphatic rings. The second-order valence-electron chi connectivity index (χ2n) is 5.63. The van der Waals surface area contributed by atoms with Crippen LogP contribution >= 0.6 is 0 Å². The Hall–Kier alpha value is -3.80. The van der Waals surface area contributed by atoms with Crippen molar-refractivity contribution in [2.45, 2.75) is 0 Å². The second-order valence-corrected chi connectivity index (χ2v) is 5.63. The maximum atomic E-state index is 11.1. The number of anilines is 4. The fourth-order valence-electron chi connectivity index (χ4n) is 2.58. The molecule has 0 atom stereocenters. The van der Waals surface area contributed by atoms with E-state index in [1.54, 1.807) is 36.4 Å². The molecule has 0 saturated carbocycles. The summed E-state index contributed by atoms with van der Waals surface area (Å²) in [4.78, 5) is 24.0. The Morgan fingerprint density at radius 2 is 0.923 bits per heavy atom. The highest BCUT2D eigenvalue weighted by molar-refractivity contribution is 5.90. The van der Waals surface area contributed by atoms with Gasteiger partial charge in [0.05, 0.1) is 11.1 Å². The van der Waals surface area contributed by atoms with Gasteiger partial charge < -0.3 is 20.8 Å². The number of rotatable bonds is 5. The minimum absolute atomic E-state index is 0.187. The van der Waals surface area contributed by atoms with Gasteiger partial charge in [-0.3, -0.25) is 0 Å². The maximum absolute atomic E-state index is 11.1. The van der Waals surface area contributed by atoms with Crippen molar-refractivity contribution in [1.29, 1.82) is 0 Å². The van der Waals surface area contributed by atoms with E-state index in [9.17, 15) is 9.59 Å². The Morgan fingerprint density at radius 1 is 0.615 bits per heavy atom. The van der Waals surface area contributed by atoms with E-state index in [2.05, 4.69) is 0 Å². The Bertz CT molecular complexity index is 876. The number of carbonyl (C=O) groups is 2. The summed E-state index contributed by atoms with van der Waals surface area (Å²) >= 11 is 0. The molecule has 3 aromatic rings. The molecule has 4 N–H and O–H groups in total. The smallest absolute Gasteiger partial charge is 0.335 e. The lowest BCUT2D eigenvalue weighted by Crippen LogP contribution is -2.11. The van der Waals surface area contributed by atoms with Crippen LogP contribution in [0.5, 0.6) is 0 Å². The molecule has 0 amide bonds. The standard InChI is InChI=1S/C20H16N2O4/c21-15-5-11-18(12-6-15)22(16-7-1-13(2-8-16)19(23)24)17-9-3-14(4-10-17)20(25)26/h1-12H,21H2,(H,23,24)(H,25,26). The van der Waals surface area contributed by atoms with Crippen LogP contribution in [0.4, 0.5) is 22.7 Å². The highest BCUT2D eigenvalue weighted by Crippen LogP contribution is 2.35. The number of benzene rings is 3. The highest BCUT2D eigenvalue weighted by Gasteiger charge is 2.14. The predicted octanol–water partition coefficient (Wildman–Crippen LogP) is 4.14. The van der Waals surface area contributed by atoms with Crippen molar-refractivity contribution in [3.8, 4) is 0 Å². The van der Waals surface area contributed by atoms with E-state index in [-0.39, 0.29) is 11.1 Å². The first-order valence-electron chi connectivity index (χ1n) is 7.78. The van der Waals surface area contributed by atoms with Crippen LogP contribution in [0.2, 0.25) is 0 Å². The fraction of sp³-hybridized carbons (Fsp3) is 0. The summed E-state index contributed by atoms with van der Waals surface area (Å²) in [7, 11) is 0. The molecule has 6 nitrogen and oxygen atoms in total. The third-order valence-electron chi connectivity index (χ3n) is 3.90. The first-order valence-corrected chi connectivity index (χ1v) is 7.78. The van der Waals surface area contributed by atoms with Crippen molar-refractivity contribution in [1.82, 2.24) is 0 Å². The summed E-state index contributed by atoms with van der Waals surface area (Å²) in [5.74, 6) is -2.00. The number of carboxylic acids is 2. The Labute approximate surface area is 149 Å². The number of nitrogens with two attached hydrogens (primary N) is 1. The summed E-state index contributed by atoms with van der Waals surface area (Å²) in [6.07, 6.45) is 0. The van der Waals surface area contributed by atoms with Crippen molar-refractivity contribution in [3.63, 3.8) is 0 Å². The van der Waals surface area contributed by atoms with E-state index >= 15 is 0 Å². The van der Waals surface area contributed by atoms with Crippen LogP contribution in [-0.4, -0.2) is 22.2 Å². The number of nitrogen functional groups attached to an aromatic ring is 1. The largest absolute Gasteiger partial charge is 0.478 e. The van der Waals surface area contributed by atoms with Gasteiger partial charge in [0.25, 0.3) is 0 Å². The lowest BCUT2D eigenvalue weighted by Gasteiger charge is -2.25. The van der Waals surface area contributed by atoms with Crippen molar-refractivity contribution in [3.05, 3.63) is 83.9 Å². The van der Waals surface area contributed by atoms with Gasteiger partial charge in [0.15, 0.2) is 0 Å². The summed E-state index contributed by atoms with van der Waals surface area (Å²) < 4.78 is 0. The monoisotopic (exact) mass is 348 g/mol. The van der Waals surface area contributed by atoms with E-state index in [0.29, 0.717) is 5.69 Å². The van der Waals surface area contributed by atoms with E-state index in [0.717, 1.165) is 17.1 Å². The molecular weight excluding hydrogens is 332 g/mol. The van der Waals surface area contributed by atoms with Crippen molar-refractivity contribution < 1.29 is 19.8 Å². The Balaban J connectivity index is 2.08. The number of aromatic carboxylic acids is 2. The summed E-state index contributed by atoms with van der Waals surface area (Å²) in [6.45, 7) is 0. The molecule has 6 heteroatoms. The highest BCUT2D eigenvalue weighted by atomic mass is 16.4. The number of carboxylic acid groups (broad SMARTS) is 2. The Morgan fingerprint density at radius 3 is 1.23 bits per heavy atom. The van der Waals surface area contributed by atoms with E-state index in [4.69, 9.17) is 15.9 Å². The molecule has 0 radical (unpaired) electrons. The molecule has 0 aliphatic heterocycles. The normalized spacial score (nSPS) is 10.3. The molecule has 0 unspecified atom stereocenters. The van der Waals surface area contributed by atoms with Crippen LogP contribution in [-0.2, 0) is 0 Å². The molecule has 0 aromatic heterocycles. The van der Waals surface area contributed by atoms with Crippen LogP contribution in [0.15, 0.2) is 72.8 Å². The maximum Gasteiger partial charge on any atom is 0.335 e. The van der Waals surface area contributed by atoms with E-state index in [1.165, 1.54) is 24.3 Å². The van der Waals surface area contributed by atoms with E-state index < -0.39 is 11.9 Å². The summed E-state index contributed by atoms with van der Waals surface area (Å²) in [5.41, 5.74) is 9.05. The van der Waals surface area contributed by atoms with Crippen LogP contribution in [0.1, 0.15) is 20.7 Å². The lowest BCUT2D eigenvalue weighted by atomic mass is 10.1. The molecule has 130 valence electrons. The van der Waals surface area contributed by atoms with Gasteiger partial charge in [-0.05, 0) is 72.8 Å². The van der Waals surface area contributed by atoms with Crippen LogP contribution in [0, 0.1) is 0 Å². The van der Waals surface area contributed by atoms with Gasteiger partial charge in [-0.2, -0.15) is 0 Å². The molecule has 0 heterocycles. The predicted molar refractivity (Wildman–Crippen MR) is 99.5 cm³/mol. The van der Waals surface area contributed by atoms with Gasteiger partial charge in [-0.15, -0.1) is 0 Å². The first kappa shape index (κ1) is 17.0. The first-order chi connectivity index (χ1) is 12.5. The average Bonchev–Trinajstić information content (AvgIpc) is 2.64. The number of nitrogens with zero attached hydrogens (tertiary/aromatic N) is 1. The van der Waals surface area contributed by atoms with Crippen molar-refractivity contribution in [2.24, 2.45) is 0 Å². The lowest BCUT2D eigenvalue weighted by molar-refractivity contribution is 0.0686. The molecule has 0 fully saturated rings. The van der Waals surface area contributed by atoms with Gasteiger partial charge >= 0.3 is 11.9 Å². The summed E-state index contributed by atoms with van der Waals surface area (Å²) in [6, 6.07) is 20.1. The SMILES string of the molecule is Nc1ccc(N(c2ccc(C(=O)O)cc2)c2ccc(C(=O)O)cc2)cc1. The zero-order chi connectivity index (χ0) is 18.7. The second kappa shape index (κ2) is 6.98. The number of hydrogen-bond acceptors (Lipinski definition) is 4. The molecule has 26 heavy (non-hydrogen) atoms. The average molecular weight is 348 g/mol. The minimum atomic E-state index is -0.999. The topological polar surface area (TPSA) is 104 Å². The minimum Gasteiger partial charge on any atom is -0.478 e. The fourth-order valence-corrected chi connectivity index (χ4v) is 2.58. The van der Waals surface area contributed by atoms with Gasteiger partial charge in [-0.25, -0.2) is 9.59 Å². The van der Waals surface area contributed by atoms with Gasteiger partial charge in [0.1, 0.15) is 0 Å². The summed E-state index contributed by atoms with van der Waals surface area (Å²) in [5, 5.41) is 18.2. The molecule has 0 spiro atoms. The van der Waals surface area contributed by atoms with E-state index in [1.807, 2.05) is 17.0 Å². The van der Waals surface area contributed by atoms with Gasteiger partial charge in [-0.1, -0.05) is 0 Å². The van der Waals surface area contributed by atoms with Gasteiger partial charge in [0.2, 0.25) is 0 Å². The third-order valence-corrected chi connectivity index (χ3v) is 3.90. The molecular formula is C20H16N2O4. The zero-order valence-electron chi connectivity index (χ0n) is 13.7. The van der Waals surface area contributed by atoms with Gasteiger partial charge in [0, 0.05) is 22.7 Å². The molecule has 0 bridgehead atoms. The molecule has 0 aliphatic carbocycles. The number of hydrogen-bond donors (Lipinski definition) is 3. The third kappa shape index (κ3) is 3.49. The van der Waals surface area contributed by atoms with Crippen LogP contribution in [0.25, 0.3) is 0 Å². The van der Waals surface area contributed by atoms with Crippen LogP contribution < -0.4 is 10.6 Å². The van der Waals surface area contributed by atoms with Crippen LogP contribution in [0.3, 0.4) is 0 Å². The Kier molecular flexibility index (Phi) is 4.57. The zero-order valence-corrected chi connectivity index (χ0v) is 13.7. The molecule has 3 rings (SSSR count). The molecule has 3 aromatic carbocycles. The van der Waals surface area contributed by atoms with Crippen molar-refractivity contribution in [2.75, 3.05) is 10.6 Å². The quantitative estimate of drug-likeness (QED) is 0.599.